The minimum atomic E-state index is 0.425. The van der Waals surface area contributed by atoms with Crippen LogP contribution in [-0.2, 0) is 6.42 Å². The van der Waals surface area contributed by atoms with Crippen LogP contribution < -0.4 is 11.3 Å². The van der Waals surface area contributed by atoms with Crippen molar-refractivity contribution in [1.29, 1.82) is 0 Å². The smallest absolute Gasteiger partial charge is 0.0281 e. The van der Waals surface area contributed by atoms with Crippen LogP contribution in [0, 0.1) is 18.8 Å². The van der Waals surface area contributed by atoms with Gasteiger partial charge in [0.15, 0.2) is 0 Å². The zero-order valence-corrected chi connectivity index (χ0v) is 10.9. The Balaban J connectivity index is 2.07. The molecule has 2 heteroatoms. The molecular weight excluding hydrogens is 208 g/mol. The summed E-state index contributed by atoms with van der Waals surface area (Å²) in [6, 6.07) is 9.05. The fourth-order valence-corrected chi connectivity index (χ4v) is 3.18. The number of benzene rings is 1. The minimum Gasteiger partial charge on any atom is -0.271 e. The van der Waals surface area contributed by atoms with Gasteiger partial charge in [-0.2, -0.15) is 0 Å². The number of nitrogens with one attached hydrogen (secondary N) is 1. The number of nitrogens with two attached hydrogens (primary N) is 1. The van der Waals surface area contributed by atoms with Crippen LogP contribution in [0.1, 0.15) is 37.3 Å². The summed E-state index contributed by atoms with van der Waals surface area (Å²) >= 11 is 0. The summed E-state index contributed by atoms with van der Waals surface area (Å²) in [5.41, 5.74) is 5.85. The Bertz CT molecular complexity index is 362. The first-order valence-electron chi connectivity index (χ1n) is 6.73. The van der Waals surface area contributed by atoms with E-state index in [9.17, 15) is 0 Å². The van der Waals surface area contributed by atoms with E-state index in [1.807, 2.05) is 0 Å². The molecule has 0 aromatic heterocycles. The first-order valence-corrected chi connectivity index (χ1v) is 6.73. The molecule has 3 unspecified atom stereocenters. The first kappa shape index (κ1) is 12.6. The molecule has 1 saturated carbocycles. The molecule has 2 nitrogen and oxygen atoms in total. The maximum Gasteiger partial charge on any atom is 0.0281 e. The van der Waals surface area contributed by atoms with Gasteiger partial charge in [-0.3, -0.25) is 11.3 Å². The van der Waals surface area contributed by atoms with Gasteiger partial charge in [0.25, 0.3) is 0 Å². The first-order chi connectivity index (χ1) is 8.22. The highest BCUT2D eigenvalue weighted by Crippen LogP contribution is 2.34. The molecule has 94 valence electrons. The predicted molar refractivity (Wildman–Crippen MR) is 72.5 cm³/mol. The average Bonchev–Trinajstić information content (AvgIpc) is 2.75. The Morgan fingerprint density at radius 1 is 1.35 bits per heavy atom. The summed E-state index contributed by atoms with van der Waals surface area (Å²) in [6.45, 7) is 4.54. The fourth-order valence-electron chi connectivity index (χ4n) is 3.18. The number of hydrogen-bond donors (Lipinski definition) is 2. The topological polar surface area (TPSA) is 38.0 Å². The molecule has 1 aromatic carbocycles. The molecule has 3 atom stereocenters. The van der Waals surface area contributed by atoms with Crippen molar-refractivity contribution in [2.24, 2.45) is 17.7 Å². The van der Waals surface area contributed by atoms with Crippen LogP contribution in [0.3, 0.4) is 0 Å². The van der Waals surface area contributed by atoms with Gasteiger partial charge in [-0.1, -0.05) is 44.0 Å². The number of hydrazine groups is 1. The quantitative estimate of drug-likeness (QED) is 0.619. The lowest BCUT2D eigenvalue weighted by atomic mass is 9.86. The van der Waals surface area contributed by atoms with Crippen molar-refractivity contribution >= 4 is 0 Å². The lowest BCUT2D eigenvalue weighted by Gasteiger charge is -2.27. The van der Waals surface area contributed by atoms with Crippen LogP contribution in [0.2, 0.25) is 0 Å². The van der Waals surface area contributed by atoms with Crippen molar-refractivity contribution in [3.05, 3.63) is 35.4 Å². The molecule has 1 aliphatic rings. The summed E-state index contributed by atoms with van der Waals surface area (Å²) in [5.74, 6) is 7.30. The van der Waals surface area contributed by atoms with Crippen LogP contribution in [0.15, 0.2) is 24.3 Å². The number of aryl methyl sites for hydroxylation is 1. The molecular formula is C15H24N2. The molecule has 3 N–H and O–H groups in total. The largest absolute Gasteiger partial charge is 0.271 e. The van der Waals surface area contributed by atoms with Crippen molar-refractivity contribution in [2.75, 3.05) is 0 Å². The van der Waals surface area contributed by atoms with Gasteiger partial charge in [0.05, 0.1) is 0 Å². The second-order valence-electron chi connectivity index (χ2n) is 5.48. The van der Waals surface area contributed by atoms with Crippen molar-refractivity contribution in [3.63, 3.8) is 0 Å². The van der Waals surface area contributed by atoms with Gasteiger partial charge in [0, 0.05) is 6.04 Å². The van der Waals surface area contributed by atoms with Crippen molar-refractivity contribution < 1.29 is 0 Å². The lowest BCUT2D eigenvalue weighted by Crippen LogP contribution is -2.43. The van der Waals surface area contributed by atoms with Gasteiger partial charge in [-0.25, -0.2) is 0 Å². The second kappa shape index (κ2) is 5.65. The molecule has 0 saturated heterocycles. The lowest BCUT2D eigenvalue weighted by molar-refractivity contribution is 0.297. The zero-order valence-electron chi connectivity index (χ0n) is 10.9. The van der Waals surface area contributed by atoms with Crippen LogP contribution in [0.5, 0.6) is 0 Å². The third-order valence-electron chi connectivity index (χ3n) is 4.36. The van der Waals surface area contributed by atoms with E-state index in [4.69, 9.17) is 5.84 Å². The highest BCUT2D eigenvalue weighted by Gasteiger charge is 2.30. The summed E-state index contributed by atoms with van der Waals surface area (Å²) in [5, 5.41) is 0. The standard InChI is InChI=1S/C15H24N2/c1-11-6-3-4-8-13(11)10-15(17-16)14-9-5-7-12(14)2/h3-4,6,8,12,14-15,17H,5,7,9-10,16H2,1-2H3. The molecule has 0 radical (unpaired) electrons. The van der Waals surface area contributed by atoms with Crippen LogP contribution in [0.25, 0.3) is 0 Å². The van der Waals surface area contributed by atoms with E-state index in [0.717, 1.165) is 18.3 Å². The Morgan fingerprint density at radius 3 is 2.71 bits per heavy atom. The van der Waals surface area contributed by atoms with Gasteiger partial charge >= 0.3 is 0 Å². The number of hydrogen-bond acceptors (Lipinski definition) is 2. The van der Waals surface area contributed by atoms with E-state index in [1.165, 1.54) is 30.4 Å². The van der Waals surface area contributed by atoms with Gasteiger partial charge in [0.1, 0.15) is 0 Å². The van der Waals surface area contributed by atoms with E-state index >= 15 is 0 Å². The summed E-state index contributed by atoms with van der Waals surface area (Å²) in [4.78, 5) is 0. The molecule has 1 fully saturated rings. The monoisotopic (exact) mass is 232 g/mol. The van der Waals surface area contributed by atoms with Gasteiger partial charge in [-0.15, -0.1) is 0 Å². The van der Waals surface area contributed by atoms with Crippen LogP contribution in [-0.4, -0.2) is 6.04 Å². The van der Waals surface area contributed by atoms with Crippen LogP contribution >= 0.6 is 0 Å². The molecule has 0 spiro atoms. The summed E-state index contributed by atoms with van der Waals surface area (Å²) in [7, 11) is 0. The normalized spacial score (nSPS) is 26.1. The fraction of sp³-hybridized carbons (Fsp3) is 0.600. The third kappa shape index (κ3) is 2.88. The van der Waals surface area contributed by atoms with Crippen molar-refractivity contribution in [3.8, 4) is 0 Å². The minimum absolute atomic E-state index is 0.425. The molecule has 0 bridgehead atoms. The Morgan fingerprint density at radius 2 is 2.12 bits per heavy atom. The second-order valence-corrected chi connectivity index (χ2v) is 5.48. The maximum absolute atomic E-state index is 5.76. The molecule has 17 heavy (non-hydrogen) atoms. The Kier molecular flexibility index (Phi) is 4.19. The van der Waals surface area contributed by atoms with Crippen molar-refractivity contribution in [2.45, 2.75) is 45.6 Å². The van der Waals surface area contributed by atoms with Crippen molar-refractivity contribution in [1.82, 2.24) is 5.43 Å². The predicted octanol–water partition coefficient (Wildman–Crippen LogP) is 2.81. The average molecular weight is 232 g/mol. The molecule has 0 amide bonds. The maximum atomic E-state index is 5.76. The molecule has 2 rings (SSSR count). The van der Waals surface area contributed by atoms with Gasteiger partial charge in [0.2, 0.25) is 0 Å². The summed E-state index contributed by atoms with van der Waals surface area (Å²) in [6.07, 6.45) is 5.09. The third-order valence-corrected chi connectivity index (χ3v) is 4.36. The van der Waals surface area contributed by atoms with Crippen LogP contribution in [0.4, 0.5) is 0 Å². The van der Waals surface area contributed by atoms with E-state index < -0.39 is 0 Å². The highest BCUT2D eigenvalue weighted by molar-refractivity contribution is 5.26. The molecule has 0 aliphatic heterocycles. The Hall–Kier alpha value is -0.860. The highest BCUT2D eigenvalue weighted by atomic mass is 15.2. The number of rotatable bonds is 4. The Labute approximate surface area is 105 Å². The van der Waals surface area contributed by atoms with E-state index in [2.05, 4.69) is 43.5 Å². The SMILES string of the molecule is Cc1ccccc1CC(NN)C1CCCC1C. The van der Waals surface area contributed by atoms with E-state index in [-0.39, 0.29) is 0 Å². The summed E-state index contributed by atoms with van der Waals surface area (Å²) < 4.78 is 0. The van der Waals surface area contributed by atoms with Gasteiger partial charge < -0.3 is 0 Å². The van der Waals surface area contributed by atoms with E-state index in [0.29, 0.717) is 6.04 Å². The zero-order chi connectivity index (χ0) is 12.3. The van der Waals surface area contributed by atoms with Gasteiger partial charge in [-0.05, 0) is 42.7 Å². The molecule has 0 heterocycles. The van der Waals surface area contributed by atoms with E-state index in [1.54, 1.807) is 0 Å². The molecule has 1 aromatic rings. The molecule has 1 aliphatic carbocycles.